The van der Waals surface area contributed by atoms with E-state index in [1.165, 1.54) is 0 Å². The molecule has 0 aliphatic carbocycles. The quantitative estimate of drug-likeness (QED) is 0.300. The normalized spacial score (nSPS) is 14.8. The SMILES string of the molecule is COc1ccc2c(c1)C(c1ccc(Cl)cc1)=N[C@@H]([C@@H](C)C(=O)NCCCCCN)c1nnc(C)n1-2.O=C(O)C(F)(F)F. The highest BCUT2D eigenvalue weighted by Gasteiger charge is 2.38. The number of hydrogen-bond donors (Lipinski definition) is 3. The lowest BCUT2D eigenvalue weighted by molar-refractivity contribution is -0.192. The summed E-state index contributed by atoms with van der Waals surface area (Å²) in [6, 6.07) is 12.8. The van der Waals surface area contributed by atoms with E-state index in [2.05, 4.69) is 15.5 Å². The molecule has 4 rings (SSSR count). The van der Waals surface area contributed by atoms with E-state index >= 15 is 0 Å². The van der Waals surface area contributed by atoms with Crippen molar-refractivity contribution in [3.8, 4) is 11.4 Å². The maximum Gasteiger partial charge on any atom is 0.490 e. The van der Waals surface area contributed by atoms with Crippen molar-refractivity contribution in [3.05, 3.63) is 70.3 Å². The summed E-state index contributed by atoms with van der Waals surface area (Å²) in [7, 11) is 1.63. The van der Waals surface area contributed by atoms with E-state index in [1.54, 1.807) is 7.11 Å². The molecule has 0 bridgehead atoms. The van der Waals surface area contributed by atoms with Crippen molar-refractivity contribution in [2.75, 3.05) is 20.2 Å². The number of aliphatic imine (C=N–C) groups is 1. The fraction of sp³-hybridized carbons (Fsp3) is 0.393. The van der Waals surface area contributed by atoms with Crippen LogP contribution in [-0.2, 0) is 9.59 Å². The number of fused-ring (bicyclic) bond motifs is 3. The van der Waals surface area contributed by atoms with Crippen molar-refractivity contribution >= 4 is 29.2 Å². The third-order valence-electron chi connectivity index (χ3n) is 6.51. The Kier molecular flexibility index (Phi) is 11.1. The van der Waals surface area contributed by atoms with E-state index in [9.17, 15) is 18.0 Å². The van der Waals surface area contributed by atoms with Crippen LogP contribution in [0.5, 0.6) is 5.75 Å². The largest absolute Gasteiger partial charge is 0.497 e. The molecule has 2 atom stereocenters. The molecule has 1 aromatic heterocycles. The second-order valence-electron chi connectivity index (χ2n) is 9.49. The molecule has 226 valence electrons. The van der Waals surface area contributed by atoms with Crippen molar-refractivity contribution in [3.63, 3.8) is 0 Å². The molecular formula is C28H32ClF3N6O4. The van der Waals surface area contributed by atoms with Crippen LogP contribution < -0.4 is 15.8 Å². The van der Waals surface area contributed by atoms with Crippen molar-refractivity contribution in [2.45, 2.75) is 45.3 Å². The molecule has 0 fully saturated rings. The Morgan fingerprint density at radius 1 is 1.14 bits per heavy atom. The number of aliphatic carboxylic acids is 1. The standard InChI is InChI=1S/C26H31ClN6O2.C2HF3O2/c1-16(26(34)29-14-6-4-5-13-28)23-25-32-31-17(2)33(25)22-12-11-20(35-3)15-21(22)24(30-23)18-7-9-19(27)10-8-18;3-2(4,5)1(6)7/h7-12,15-16,23H,4-6,13-14,28H2,1-3H3,(H,29,34);(H,6,7)/t16-,23+;/m1./s1. The number of nitrogens with two attached hydrogens (primary N) is 1. The fourth-order valence-electron chi connectivity index (χ4n) is 4.30. The van der Waals surface area contributed by atoms with Gasteiger partial charge in [-0.3, -0.25) is 14.4 Å². The molecule has 2 heterocycles. The number of nitrogens with zero attached hydrogens (tertiary/aromatic N) is 4. The zero-order valence-corrected chi connectivity index (χ0v) is 24.0. The minimum atomic E-state index is -5.08. The number of aromatic nitrogens is 3. The first kappa shape index (κ1) is 32.5. The van der Waals surface area contributed by atoms with Gasteiger partial charge in [0.1, 0.15) is 17.6 Å². The van der Waals surface area contributed by atoms with Crippen LogP contribution in [0.2, 0.25) is 5.02 Å². The van der Waals surface area contributed by atoms with Gasteiger partial charge in [-0.2, -0.15) is 13.2 Å². The molecular weight excluding hydrogens is 577 g/mol. The lowest BCUT2D eigenvalue weighted by atomic mass is 9.98. The number of carboxylic acids is 1. The first-order valence-electron chi connectivity index (χ1n) is 13.1. The number of halogens is 4. The van der Waals surface area contributed by atoms with Gasteiger partial charge in [0, 0.05) is 22.7 Å². The average Bonchev–Trinajstić information content (AvgIpc) is 3.26. The molecule has 14 heteroatoms. The molecule has 0 saturated heterocycles. The highest BCUT2D eigenvalue weighted by molar-refractivity contribution is 6.30. The molecule has 10 nitrogen and oxygen atoms in total. The number of hydrogen-bond acceptors (Lipinski definition) is 7. The van der Waals surface area contributed by atoms with Gasteiger partial charge in [0.05, 0.1) is 24.4 Å². The number of carbonyl (C=O) groups is 2. The van der Waals surface area contributed by atoms with Crippen LogP contribution >= 0.6 is 11.6 Å². The van der Waals surface area contributed by atoms with Crippen LogP contribution in [0.4, 0.5) is 13.2 Å². The summed E-state index contributed by atoms with van der Waals surface area (Å²) >= 11 is 6.17. The van der Waals surface area contributed by atoms with Crippen LogP contribution in [0.15, 0.2) is 47.5 Å². The lowest BCUT2D eigenvalue weighted by Crippen LogP contribution is -2.33. The smallest absolute Gasteiger partial charge is 0.490 e. The summed E-state index contributed by atoms with van der Waals surface area (Å²) in [6.07, 6.45) is -2.26. The third-order valence-corrected chi connectivity index (χ3v) is 6.76. The van der Waals surface area contributed by atoms with Crippen molar-refractivity contribution in [1.82, 2.24) is 20.1 Å². The number of carbonyl (C=O) groups excluding carboxylic acids is 1. The molecule has 42 heavy (non-hydrogen) atoms. The van der Waals surface area contributed by atoms with Gasteiger partial charge in [-0.05, 0) is 56.6 Å². The van der Waals surface area contributed by atoms with Crippen LogP contribution in [0, 0.1) is 12.8 Å². The topological polar surface area (TPSA) is 145 Å². The van der Waals surface area contributed by atoms with E-state index in [0.29, 0.717) is 29.7 Å². The second kappa shape index (κ2) is 14.3. The number of methoxy groups -OCH3 is 1. The van der Waals surface area contributed by atoms with Gasteiger partial charge in [-0.25, -0.2) is 4.79 Å². The summed E-state index contributed by atoms with van der Waals surface area (Å²) in [5, 5.41) is 19.6. The zero-order chi connectivity index (χ0) is 31.0. The number of aryl methyl sites for hydroxylation is 1. The zero-order valence-electron chi connectivity index (χ0n) is 23.3. The molecule has 0 unspecified atom stereocenters. The number of benzene rings is 2. The maximum absolute atomic E-state index is 13.2. The van der Waals surface area contributed by atoms with Crippen molar-refractivity contribution in [2.24, 2.45) is 16.6 Å². The average molecular weight is 609 g/mol. The van der Waals surface area contributed by atoms with Gasteiger partial charge >= 0.3 is 12.1 Å². The molecule has 0 saturated carbocycles. The summed E-state index contributed by atoms with van der Waals surface area (Å²) in [6.45, 7) is 5.05. The molecule has 0 spiro atoms. The Morgan fingerprint density at radius 2 is 1.81 bits per heavy atom. The highest BCUT2D eigenvalue weighted by Crippen LogP contribution is 2.36. The van der Waals surface area contributed by atoms with Crippen molar-refractivity contribution < 1.29 is 32.6 Å². The first-order chi connectivity index (χ1) is 19.9. The predicted octanol–water partition coefficient (Wildman–Crippen LogP) is 4.64. The first-order valence-corrected chi connectivity index (χ1v) is 13.5. The number of unbranched alkanes of at least 4 members (excludes halogenated alkanes) is 2. The van der Waals surface area contributed by atoms with Crippen LogP contribution in [-0.4, -0.2) is 63.8 Å². The Bertz CT molecular complexity index is 1430. The Morgan fingerprint density at radius 3 is 2.40 bits per heavy atom. The Labute approximate surface area is 245 Å². The highest BCUT2D eigenvalue weighted by atomic mass is 35.5. The van der Waals surface area contributed by atoms with E-state index in [0.717, 1.165) is 47.6 Å². The Balaban J connectivity index is 0.000000616. The molecule has 2 aromatic carbocycles. The van der Waals surface area contributed by atoms with Gasteiger partial charge in [-0.15, -0.1) is 10.2 Å². The van der Waals surface area contributed by atoms with Gasteiger partial charge in [0.25, 0.3) is 0 Å². The van der Waals surface area contributed by atoms with Crippen LogP contribution in [0.25, 0.3) is 5.69 Å². The molecule has 0 radical (unpaired) electrons. The number of rotatable bonds is 9. The van der Waals surface area contributed by atoms with Gasteiger partial charge in [-0.1, -0.05) is 37.1 Å². The Hall–Kier alpha value is -3.97. The van der Waals surface area contributed by atoms with Crippen LogP contribution in [0.1, 0.15) is 55.0 Å². The fourth-order valence-corrected chi connectivity index (χ4v) is 4.42. The van der Waals surface area contributed by atoms with Crippen molar-refractivity contribution in [1.29, 1.82) is 0 Å². The molecule has 4 N–H and O–H groups in total. The number of nitrogens with one attached hydrogen (secondary N) is 1. The lowest BCUT2D eigenvalue weighted by Gasteiger charge is -2.19. The molecule has 1 aliphatic heterocycles. The number of carboxylic acid groups (broad SMARTS) is 1. The third kappa shape index (κ3) is 7.85. The monoisotopic (exact) mass is 608 g/mol. The van der Waals surface area contributed by atoms with E-state index in [-0.39, 0.29) is 5.91 Å². The number of amides is 1. The molecule has 3 aromatic rings. The summed E-state index contributed by atoms with van der Waals surface area (Å²) in [5.41, 5.74) is 8.95. The van der Waals surface area contributed by atoms with E-state index < -0.39 is 24.1 Å². The van der Waals surface area contributed by atoms with E-state index in [4.69, 9.17) is 37.0 Å². The van der Waals surface area contributed by atoms with Gasteiger partial charge in [0.15, 0.2) is 5.82 Å². The molecule has 1 aliphatic rings. The predicted molar refractivity (Wildman–Crippen MR) is 151 cm³/mol. The van der Waals surface area contributed by atoms with Gasteiger partial charge in [0.2, 0.25) is 5.91 Å². The molecule has 1 amide bonds. The summed E-state index contributed by atoms with van der Waals surface area (Å²) in [5.74, 6) is -1.24. The second-order valence-corrected chi connectivity index (χ2v) is 9.92. The van der Waals surface area contributed by atoms with Crippen LogP contribution in [0.3, 0.4) is 0 Å². The number of alkyl halides is 3. The van der Waals surface area contributed by atoms with E-state index in [1.807, 2.05) is 60.9 Å². The maximum atomic E-state index is 13.2. The summed E-state index contributed by atoms with van der Waals surface area (Å²) < 4.78 is 39.2. The summed E-state index contributed by atoms with van der Waals surface area (Å²) in [4.78, 5) is 27.2. The number of ether oxygens (including phenoxy) is 1. The van der Waals surface area contributed by atoms with Gasteiger partial charge < -0.3 is 20.9 Å². The minimum Gasteiger partial charge on any atom is -0.497 e. The minimum absolute atomic E-state index is 0.0716.